The van der Waals surface area contributed by atoms with Gasteiger partial charge in [-0.15, -0.1) is 0 Å². The SMILES string of the molecule is CS/C(=N/c1nc2ccc(C)cc2s1)NC#N. The molecule has 0 bridgehead atoms. The van der Waals surface area contributed by atoms with E-state index in [9.17, 15) is 0 Å². The van der Waals surface area contributed by atoms with E-state index in [0.29, 0.717) is 10.3 Å². The van der Waals surface area contributed by atoms with E-state index < -0.39 is 0 Å². The summed E-state index contributed by atoms with van der Waals surface area (Å²) in [7, 11) is 0. The Balaban J connectivity index is 2.40. The van der Waals surface area contributed by atoms with E-state index in [-0.39, 0.29) is 0 Å². The van der Waals surface area contributed by atoms with E-state index >= 15 is 0 Å². The van der Waals surface area contributed by atoms with Crippen LogP contribution in [-0.2, 0) is 0 Å². The highest BCUT2D eigenvalue weighted by Gasteiger charge is 2.04. The first-order valence-corrected chi connectivity index (χ1v) is 6.92. The van der Waals surface area contributed by atoms with Crippen LogP contribution in [0.4, 0.5) is 5.13 Å². The Hall–Kier alpha value is -1.58. The molecule has 17 heavy (non-hydrogen) atoms. The summed E-state index contributed by atoms with van der Waals surface area (Å²) in [5.74, 6) is 0. The number of nitrogens with zero attached hydrogens (tertiary/aromatic N) is 3. The van der Waals surface area contributed by atoms with Crippen LogP contribution in [0.1, 0.15) is 5.56 Å². The first-order valence-electron chi connectivity index (χ1n) is 4.88. The fourth-order valence-electron chi connectivity index (χ4n) is 1.33. The first-order chi connectivity index (χ1) is 8.22. The van der Waals surface area contributed by atoms with Gasteiger partial charge in [-0.25, -0.2) is 4.98 Å². The van der Waals surface area contributed by atoms with E-state index in [0.717, 1.165) is 10.2 Å². The van der Waals surface area contributed by atoms with Crippen molar-refractivity contribution < 1.29 is 0 Å². The highest BCUT2D eigenvalue weighted by atomic mass is 32.2. The summed E-state index contributed by atoms with van der Waals surface area (Å²) in [6, 6.07) is 6.09. The molecule has 0 saturated carbocycles. The highest BCUT2D eigenvalue weighted by molar-refractivity contribution is 8.13. The largest absolute Gasteiger partial charge is 0.271 e. The van der Waals surface area contributed by atoms with Gasteiger partial charge in [-0.3, -0.25) is 5.32 Å². The van der Waals surface area contributed by atoms with Gasteiger partial charge >= 0.3 is 0 Å². The van der Waals surface area contributed by atoms with E-state index in [1.54, 1.807) is 0 Å². The maximum atomic E-state index is 8.55. The number of aromatic nitrogens is 1. The fourth-order valence-corrected chi connectivity index (χ4v) is 2.65. The van der Waals surface area contributed by atoms with Gasteiger partial charge < -0.3 is 0 Å². The molecule has 1 aromatic carbocycles. The van der Waals surface area contributed by atoms with E-state index in [2.05, 4.69) is 21.4 Å². The van der Waals surface area contributed by atoms with Gasteiger partial charge in [0.25, 0.3) is 0 Å². The molecule has 0 spiro atoms. The molecule has 0 aliphatic heterocycles. The van der Waals surface area contributed by atoms with Gasteiger partial charge in [0.15, 0.2) is 11.4 Å². The zero-order valence-corrected chi connectivity index (χ0v) is 11.0. The van der Waals surface area contributed by atoms with Crippen molar-refractivity contribution in [2.75, 3.05) is 6.26 Å². The van der Waals surface area contributed by atoms with Gasteiger partial charge in [0.05, 0.1) is 10.2 Å². The molecule has 1 N–H and O–H groups in total. The van der Waals surface area contributed by atoms with Gasteiger partial charge in [-0.05, 0) is 30.9 Å². The second-order valence-electron chi connectivity index (χ2n) is 3.33. The predicted octanol–water partition coefficient (Wildman–Crippen LogP) is 3.03. The number of benzene rings is 1. The Labute approximate surface area is 107 Å². The minimum absolute atomic E-state index is 0.559. The second-order valence-corrected chi connectivity index (χ2v) is 5.13. The number of amidine groups is 1. The summed E-state index contributed by atoms with van der Waals surface area (Å²) in [5.41, 5.74) is 2.15. The first kappa shape index (κ1) is 11.9. The zero-order chi connectivity index (χ0) is 12.3. The molecule has 4 nitrogen and oxygen atoms in total. The molecule has 0 fully saturated rings. The lowest BCUT2D eigenvalue weighted by Crippen LogP contribution is -2.12. The van der Waals surface area contributed by atoms with Crippen LogP contribution < -0.4 is 5.32 Å². The molecule has 0 atom stereocenters. The standard InChI is InChI=1S/C11H10N4S2/c1-7-3-4-8-9(5-7)17-11(14-8)15-10(16-2)13-6-12/h3-5H,1-2H3,(H,13,14,15). The highest BCUT2D eigenvalue weighted by Crippen LogP contribution is 2.29. The molecule has 86 valence electrons. The third-order valence-electron chi connectivity index (χ3n) is 2.09. The number of thiazole rings is 1. The minimum atomic E-state index is 0.559. The lowest BCUT2D eigenvalue weighted by molar-refractivity contribution is 1.27. The summed E-state index contributed by atoms with van der Waals surface area (Å²) in [5, 5.41) is 12.3. The lowest BCUT2D eigenvalue weighted by atomic mass is 10.2. The third-order valence-corrected chi connectivity index (χ3v) is 3.58. The molecular weight excluding hydrogens is 252 g/mol. The Morgan fingerprint density at radius 3 is 3.12 bits per heavy atom. The maximum Gasteiger partial charge on any atom is 0.212 e. The summed E-state index contributed by atoms with van der Waals surface area (Å²) in [4.78, 5) is 8.68. The third kappa shape index (κ3) is 2.75. The lowest BCUT2D eigenvalue weighted by Gasteiger charge is -1.95. The van der Waals surface area contributed by atoms with Crippen molar-refractivity contribution in [3.63, 3.8) is 0 Å². The Morgan fingerprint density at radius 1 is 1.59 bits per heavy atom. The molecule has 0 unspecified atom stereocenters. The van der Waals surface area contributed by atoms with Crippen molar-refractivity contribution in [1.82, 2.24) is 10.3 Å². The number of nitriles is 1. The topological polar surface area (TPSA) is 61.1 Å². The Kier molecular flexibility index (Phi) is 3.61. The number of hydrogen-bond donors (Lipinski definition) is 1. The van der Waals surface area contributed by atoms with Crippen LogP contribution in [0.5, 0.6) is 0 Å². The van der Waals surface area contributed by atoms with Gasteiger partial charge in [0, 0.05) is 0 Å². The Bertz CT molecular complexity index is 609. The normalized spacial score (nSPS) is 11.5. The van der Waals surface area contributed by atoms with Crippen LogP contribution in [0.3, 0.4) is 0 Å². The monoisotopic (exact) mass is 262 g/mol. The summed E-state index contributed by atoms with van der Waals surface area (Å²) < 4.78 is 1.11. The van der Waals surface area contributed by atoms with E-state index in [4.69, 9.17) is 5.26 Å². The smallest absolute Gasteiger partial charge is 0.212 e. The van der Waals surface area contributed by atoms with Gasteiger partial charge in [-0.1, -0.05) is 29.2 Å². The molecular formula is C11H10N4S2. The number of hydrogen-bond acceptors (Lipinski definition) is 5. The van der Waals surface area contributed by atoms with Crippen molar-refractivity contribution >= 4 is 43.6 Å². The molecule has 0 saturated heterocycles. The number of aliphatic imine (C=N–C) groups is 1. The molecule has 0 aliphatic rings. The van der Waals surface area contributed by atoms with Crippen LogP contribution >= 0.6 is 23.1 Å². The molecule has 1 aromatic heterocycles. The molecule has 1 heterocycles. The summed E-state index contributed by atoms with van der Waals surface area (Å²) in [6.07, 6.45) is 3.72. The average Bonchev–Trinajstić information content (AvgIpc) is 2.69. The van der Waals surface area contributed by atoms with Crippen molar-refractivity contribution in [2.24, 2.45) is 4.99 Å². The quantitative estimate of drug-likeness (QED) is 0.371. The number of fused-ring (bicyclic) bond motifs is 1. The summed E-state index contributed by atoms with van der Waals surface area (Å²) in [6.45, 7) is 2.05. The number of thioether (sulfide) groups is 1. The van der Waals surface area contributed by atoms with E-state index in [1.165, 1.54) is 28.7 Å². The zero-order valence-electron chi connectivity index (χ0n) is 9.39. The molecule has 0 radical (unpaired) electrons. The van der Waals surface area contributed by atoms with Crippen LogP contribution in [0, 0.1) is 18.4 Å². The fraction of sp³-hybridized carbons (Fsp3) is 0.182. The second kappa shape index (κ2) is 5.17. The van der Waals surface area contributed by atoms with Crippen LogP contribution in [-0.4, -0.2) is 16.4 Å². The van der Waals surface area contributed by atoms with Crippen molar-refractivity contribution in [2.45, 2.75) is 6.92 Å². The van der Waals surface area contributed by atoms with Gasteiger partial charge in [0.1, 0.15) is 0 Å². The van der Waals surface area contributed by atoms with Crippen LogP contribution in [0.25, 0.3) is 10.2 Å². The van der Waals surface area contributed by atoms with Crippen LogP contribution in [0.15, 0.2) is 23.2 Å². The van der Waals surface area contributed by atoms with Crippen molar-refractivity contribution in [3.8, 4) is 6.19 Å². The molecule has 0 amide bonds. The number of aryl methyl sites for hydroxylation is 1. The molecule has 6 heteroatoms. The molecule has 0 aliphatic carbocycles. The van der Waals surface area contributed by atoms with Crippen LogP contribution in [0.2, 0.25) is 0 Å². The van der Waals surface area contributed by atoms with Gasteiger partial charge in [-0.2, -0.15) is 10.3 Å². The summed E-state index contributed by atoms with van der Waals surface area (Å²) >= 11 is 2.91. The Morgan fingerprint density at radius 2 is 2.41 bits per heavy atom. The van der Waals surface area contributed by atoms with Gasteiger partial charge in [0.2, 0.25) is 5.13 Å². The molecule has 2 rings (SSSR count). The minimum Gasteiger partial charge on any atom is -0.271 e. The number of nitrogens with one attached hydrogen (secondary N) is 1. The maximum absolute atomic E-state index is 8.55. The predicted molar refractivity (Wildman–Crippen MR) is 73.7 cm³/mol. The average molecular weight is 262 g/mol. The van der Waals surface area contributed by atoms with Crippen molar-refractivity contribution in [3.05, 3.63) is 23.8 Å². The van der Waals surface area contributed by atoms with Crippen molar-refractivity contribution in [1.29, 1.82) is 5.26 Å². The number of rotatable bonds is 1. The van der Waals surface area contributed by atoms with E-state index in [1.807, 2.05) is 31.5 Å². The molecule has 2 aromatic rings.